The second kappa shape index (κ2) is 15.7. The molecule has 2 N–H and O–H groups in total. The van der Waals surface area contributed by atoms with Gasteiger partial charge >= 0.3 is 18.1 Å². The average molecular weight is 647 g/mol. The zero-order chi connectivity index (χ0) is 33.3. The topological polar surface area (TPSA) is 141 Å². The van der Waals surface area contributed by atoms with Gasteiger partial charge in [-0.25, -0.2) is 9.59 Å². The Morgan fingerprint density at radius 2 is 1.87 bits per heavy atom. The molecule has 14 heteroatoms. The molecule has 0 saturated carbocycles. The van der Waals surface area contributed by atoms with E-state index in [9.17, 15) is 37.5 Å². The Balaban J connectivity index is 1.46. The first-order chi connectivity index (χ1) is 21.9. The van der Waals surface area contributed by atoms with Crippen molar-refractivity contribution in [3.63, 3.8) is 0 Å². The number of rotatable bonds is 12. The number of likely N-dealkylation sites (N-methyl/N-ethyl adjacent to an activating group) is 1. The minimum Gasteiger partial charge on any atom is -0.456 e. The van der Waals surface area contributed by atoms with E-state index in [-0.39, 0.29) is 43.9 Å². The third-order valence-corrected chi connectivity index (χ3v) is 7.22. The lowest BCUT2D eigenvalue weighted by Crippen LogP contribution is -2.51. The second-order valence-electron chi connectivity index (χ2n) is 10.5. The number of aliphatic hydroxyl groups excluding tert-OH is 1. The minimum atomic E-state index is -4.66. The molecule has 46 heavy (non-hydrogen) atoms. The number of esters is 2. The number of halogens is 3. The molecule has 2 aliphatic rings. The zero-order valence-electron chi connectivity index (χ0n) is 24.8. The van der Waals surface area contributed by atoms with Gasteiger partial charge in [-0.05, 0) is 35.4 Å². The van der Waals surface area contributed by atoms with Crippen molar-refractivity contribution < 1.29 is 56.4 Å². The van der Waals surface area contributed by atoms with Gasteiger partial charge in [0.05, 0.1) is 12.2 Å². The lowest BCUT2D eigenvalue weighted by Gasteiger charge is -2.33. The molecule has 1 heterocycles. The fraction of sp³-hybridized carbons (Fsp3) is 0.375. The Kier molecular flexibility index (Phi) is 11.7. The SMILES string of the molecule is CN(C(=O)C1=C[C@H]2OCO[C@H]2[C@H](OC(=O)c2cccc(C=CC(=O)OCC(F)(F)F)c2)C1)[C@H](Cc1ccccc1)C(=O)NCCO. The van der Waals surface area contributed by atoms with Crippen LogP contribution in [0.15, 0.2) is 72.3 Å². The number of aliphatic hydroxyl groups is 1. The van der Waals surface area contributed by atoms with Gasteiger partial charge in [-0.3, -0.25) is 9.59 Å². The normalized spacial score (nSPS) is 19.9. The molecule has 1 aliphatic heterocycles. The predicted molar refractivity (Wildman–Crippen MR) is 156 cm³/mol. The standard InChI is InChI=1S/C32H33F3N2O9/c1-37(24(29(40)36-12-13-38)15-20-6-3-2-4-7-20)30(41)23-16-25-28(45-19-44-25)26(17-23)46-31(42)22-9-5-8-21(14-22)10-11-27(39)43-18-32(33,34)35/h2-11,14,16,24-26,28,38H,12-13,15,17-19H2,1H3,(H,36,40)/t24-,25-,26-,28-/m1/s1. The van der Waals surface area contributed by atoms with E-state index in [1.54, 1.807) is 6.08 Å². The van der Waals surface area contributed by atoms with Crippen molar-refractivity contribution in [2.45, 2.75) is 43.4 Å². The van der Waals surface area contributed by atoms with Gasteiger partial charge in [-0.2, -0.15) is 13.2 Å². The monoisotopic (exact) mass is 646 g/mol. The number of nitrogens with zero attached hydrogens (tertiary/aromatic N) is 1. The lowest BCUT2D eigenvalue weighted by molar-refractivity contribution is -0.182. The number of amides is 2. The highest BCUT2D eigenvalue weighted by molar-refractivity contribution is 5.97. The summed E-state index contributed by atoms with van der Waals surface area (Å²) in [5.41, 5.74) is 1.46. The zero-order valence-corrected chi connectivity index (χ0v) is 24.8. The van der Waals surface area contributed by atoms with Gasteiger partial charge in [0.2, 0.25) is 11.8 Å². The number of hydrogen-bond acceptors (Lipinski definition) is 9. The maximum absolute atomic E-state index is 13.8. The van der Waals surface area contributed by atoms with Crippen LogP contribution in [0.25, 0.3) is 6.08 Å². The van der Waals surface area contributed by atoms with Crippen molar-refractivity contribution in [1.29, 1.82) is 0 Å². The summed E-state index contributed by atoms with van der Waals surface area (Å²) >= 11 is 0. The van der Waals surface area contributed by atoms with E-state index >= 15 is 0 Å². The van der Waals surface area contributed by atoms with Crippen LogP contribution < -0.4 is 5.32 Å². The van der Waals surface area contributed by atoms with E-state index in [0.717, 1.165) is 11.6 Å². The van der Waals surface area contributed by atoms with Crippen molar-refractivity contribution >= 4 is 29.8 Å². The molecule has 0 unspecified atom stereocenters. The number of carbonyl (C=O) groups is 4. The highest BCUT2D eigenvalue weighted by Gasteiger charge is 2.43. The number of fused-ring (bicyclic) bond motifs is 1. The van der Waals surface area contributed by atoms with Gasteiger partial charge in [0.15, 0.2) is 6.61 Å². The van der Waals surface area contributed by atoms with Crippen molar-refractivity contribution in [1.82, 2.24) is 10.2 Å². The Labute approximate surface area is 262 Å². The summed E-state index contributed by atoms with van der Waals surface area (Å²) in [6, 6.07) is 14.1. The van der Waals surface area contributed by atoms with Crippen LogP contribution in [0.2, 0.25) is 0 Å². The van der Waals surface area contributed by atoms with E-state index in [0.29, 0.717) is 5.56 Å². The highest BCUT2D eigenvalue weighted by atomic mass is 19.4. The second-order valence-corrected chi connectivity index (χ2v) is 10.5. The highest BCUT2D eigenvalue weighted by Crippen LogP contribution is 2.32. The van der Waals surface area contributed by atoms with Crippen LogP contribution in [-0.4, -0.2) is 97.9 Å². The first kappa shape index (κ1) is 34.3. The molecular weight excluding hydrogens is 613 g/mol. The predicted octanol–water partition coefficient (Wildman–Crippen LogP) is 2.58. The minimum absolute atomic E-state index is 0.0148. The molecule has 4 atom stereocenters. The summed E-state index contributed by atoms with van der Waals surface area (Å²) in [5, 5.41) is 11.8. The van der Waals surface area contributed by atoms with E-state index in [1.165, 1.54) is 42.3 Å². The molecule has 2 aromatic carbocycles. The first-order valence-corrected chi connectivity index (χ1v) is 14.3. The van der Waals surface area contributed by atoms with Gasteiger partial charge in [-0.1, -0.05) is 42.5 Å². The summed E-state index contributed by atoms with van der Waals surface area (Å²) < 4.78 is 58.0. The van der Waals surface area contributed by atoms with Crippen LogP contribution in [0.5, 0.6) is 0 Å². The number of ether oxygens (including phenoxy) is 4. The summed E-state index contributed by atoms with van der Waals surface area (Å²) in [4.78, 5) is 52.9. The average Bonchev–Trinajstić information content (AvgIpc) is 3.53. The van der Waals surface area contributed by atoms with Gasteiger partial charge in [0, 0.05) is 38.1 Å². The number of hydrogen-bond donors (Lipinski definition) is 2. The van der Waals surface area contributed by atoms with Crippen molar-refractivity contribution in [3.05, 3.63) is 89.0 Å². The maximum Gasteiger partial charge on any atom is 0.422 e. The number of nitrogens with one attached hydrogen (secondary N) is 1. The van der Waals surface area contributed by atoms with Gasteiger partial charge < -0.3 is 34.3 Å². The van der Waals surface area contributed by atoms with E-state index in [2.05, 4.69) is 10.1 Å². The van der Waals surface area contributed by atoms with Crippen molar-refractivity contribution in [2.24, 2.45) is 0 Å². The van der Waals surface area contributed by atoms with Crippen LogP contribution in [0, 0.1) is 0 Å². The number of alkyl halides is 3. The lowest BCUT2D eigenvalue weighted by atomic mass is 9.90. The van der Waals surface area contributed by atoms with E-state index < -0.39 is 60.9 Å². The van der Waals surface area contributed by atoms with Crippen molar-refractivity contribution in [2.75, 3.05) is 33.6 Å². The molecule has 0 bridgehead atoms. The largest absolute Gasteiger partial charge is 0.456 e. The maximum atomic E-state index is 13.8. The van der Waals surface area contributed by atoms with Crippen LogP contribution in [-0.2, 0) is 39.8 Å². The molecule has 2 aromatic rings. The fourth-order valence-electron chi connectivity index (χ4n) is 4.96. The Hall–Kier alpha value is -4.53. The quantitative estimate of drug-likeness (QED) is 0.263. The van der Waals surface area contributed by atoms with Crippen LogP contribution >= 0.6 is 0 Å². The van der Waals surface area contributed by atoms with E-state index in [4.69, 9.17) is 14.2 Å². The smallest absolute Gasteiger partial charge is 0.422 e. The van der Waals surface area contributed by atoms with Gasteiger partial charge in [0.1, 0.15) is 31.1 Å². The first-order valence-electron chi connectivity index (χ1n) is 14.3. The molecule has 1 saturated heterocycles. The Morgan fingerprint density at radius 1 is 1.11 bits per heavy atom. The van der Waals surface area contributed by atoms with Crippen molar-refractivity contribution in [3.8, 4) is 0 Å². The third kappa shape index (κ3) is 9.49. The van der Waals surface area contributed by atoms with E-state index in [1.807, 2.05) is 30.3 Å². The van der Waals surface area contributed by atoms with Gasteiger partial charge in [-0.15, -0.1) is 0 Å². The molecule has 11 nitrogen and oxygen atoms in total. The summed E-state index contributed by atoms with van der Waals surface area (Å²) in [6.07, 6.45) is -3.25. The molecule has 0 radical (unpaired) electrons. The molecule has 0 aromatic heterocycles. The number of carbonyl (C=O) groups excluding carboxylic acids is 4. The summed E-state index contributed by atoms with van der Waals surface area (Å²) in [5.74, 6) is -2.92. The molecule has 1 fully saturated rings. The van der Waals surface area contributed by atoms with Gasteiger partial charge in [0.25, 0.3) is 0 Å². The molecule has 0 spiro atoms. The van der Waals surface area contributed by atoms with Crippen LogP contribution in [0.3, 0.4) is 0 Å². The molecule has 4 rings (SSSR count). The third-order valence-electron chi connectivity index (χ3n) is 7.22. The number of benzene rings is 2. The molecule has 2 amide bonds. The molecular formula is C32H33F3N2O9. The van der Waals surface area contributed by atoms with Crippen LogP contribution in [0.1, 0.15) is 27.9 Å². The fourth-order valence-corrected chi connectivity index (χ4v) is 4.96. The molecule has 246 valence electrons. The Morgan fingerprint density at radius 3 is 2.59 bits per heavy atom. The van der Waals surface area contributed by atoms with Crippen LogP contribution in [0.4, 0.5) is 13.2 Å². The Bertz CT molecular complexity index is 1460. The molecule has 1 aliphatic carbocycles. The summed E-state index contributed by atoms with van der Waals surface area (Å²) in [7, 11) is 1.49. The summed E-state index contributed by atoms with van der Waals surface area (Å²) in [6.45, 7) is -2.08.